The number of fused-ring (bicyclic) bond motifs is 2. The molecule has 1 saturated carbocycles. The van der Waals surface area contributed by atoms with Gasteiger partial charge in [-0.2, -0.15) is 5.10 Å². The average Bonchev–Trinajstić information content (AvgIpc) is 2.68. The lowest BCUT2D eigenvalue weighted by Crippen LogP contribution is -2.51. The van der Waals surface area contributed by atoms with Gasteiger partial charge in [-0.05, 0) is 24.0 Å². The summed E-state index contributed by atoms with van der Waals surface area (Å²) >= 11 is 0. The molecule has 1 aliphatic heterocycles. The fourth-order valence-corrected chi connectivity index (χ4v) is 4.49. The number of urea groups is 1. The maximum Gasteiger partial charge on any atom is 0.332 e. The van der Waals surface area contributed by atoms with Crippen molar-refractivity contribution < 1.29 is 4.79 Å². The molecule has 4 rings (SSSR count). The second kappa shape index (κ2) is 7.30. The van der Waals surface area contributed by atoms with Crippen LogP contribution in [0.4, 0.5) is 4.79 Å². The van der Waals surface area contributed by atoms with Crippen molar-refractivity contribution in [1.82, 2.24) is 10.7 Å². The Balaban J connectivity index is 1.76. The van der Waals surface area contributed by atoms with Crippen molar-refractivity contribution in [2.24, 2.45) is 22.7 Å². The molecule has 0 spiro atoms. The highest BCUT2D eigenvalue weighted by Gasteiger charge is 2.45. The fourth-order valence-electron chi connectivity index (χ4n) is 4.49. The van der Waals surface area contributed by atoms with Crippen molar-refractivity contribution in [1.29, 1.82) is 0 Å². The number of piperidine rings is 1. The van der Waals surface area contributed by atoms with E-state index < -0.39 is 6.03 Å². The first kappa shape index (κ1) is 16.8. The molecule has 2 fully saturated rings. The second-order valence-corrected chi connectivity index (χ2v) is 7.10. The van der Waals surface area contributed by atoms with Gasteiger partial charge < -0.3 is 11.1 Å². The van der Waals surface area contributed by atoms with Crippen molar-refractivity contribution in [2.75, 3.05) is 0 Å². The maximum atomic E-state index is 11.3. The van der Waals surface area contributed by atoms with E-state index in [0.717, 1.165) is 18.6 Å². The van der Waals surface area contributed by atoms with Crippen LogP contribution < -0.4 is 16.5 Å². The van der Waals surface area contributed by atoms with Gasteiger partial charge in [-0.1, -0.05) is 67.1 Å². The van der Waals surface area contributed by atoms with Crippen LogP contribution in [-0.2, 0) is 0 Å². The number of carbonyl (C=O) groups is 1. The van der Waals surface area contributed by atoms with Crippen LogP contribution in [0.5, 0.6) is 0 Å². The van der Waals surface area contributed by atoms with Gasteiger partial charge in [0.2, 0.25) is 0 Å². The molecule has 2 aliphatic rings. The number of carbonyl (C=O) groups excluding carboxylic acids is 1. The molecule has 5 heteroatoms. The third-order valence-corrected chi connectivity index (χ3v) is 5.57. The van der Waals surface area contributed by atoms with E-state index >= 15 is 0 Å². The highest BCUT2D eigenvalue weighted by atomic mass is 16.2. The summed E-state index contributed by atoms with van der Waals surface area (Å²) in [6, 6.07) is 20.7. The quantitative estimate of drug-likeness (QED) is 0.742. The molecule has 1 heterocycles. The molecule has 2 bridgehead atoms. The normalized spacial score (nSPS) is 27.6. The summed E-state index contributed by atoms with van der Waals surface area (Å²) in [4.78, 5) is 11.3. The van der Waals surface area contributed by atoms with Gasteiger partial charge in [-0.15, -0.1) is 0 Å². The summed E-state index contributed by atoms with van der Waals surface area (Å²) < 4.78 is 0. The van der Waals surface area contributed by atoms with Gasteiger partial charge >= 0.3 is 6.03 Å². The largest absolute Gasteiger partial charge is 0.350 e. The molecule has 2 aromatic carbocycles. The number of benzene rings is 2. The number of nitrogens with one attached hydrogen (secondary N) is 2. The molecule has 5 nitrogen and oxygen atoms in total. The van der Waals surface area contributed by atoms with Gasteiger partial charge in [0.25, 0.3) is 0 Å². The number of amides is 2. The molecule has 4 N–H and O–H groups in total. The Bertz CT molecular complexity index is 735. The number of primary amides is 1. The lowest BCUT2D eigenvalue weighted by Gasteiger charge is -2.47. The molecule has 0 aromatic heterocycles. The van der Waals surface area contributed by atoms with Crippen LogP contribution in [-0.4, -0.2) is 11.7 Å². The smallest absolute Gasteiger partial charge is 0.332 e. The summed E-state index contributed by atoms with van der Waals surface area (Å²) in [5, 5.41) is 8.35. The summed E-state index contributed by atoms with van der Waals surface area (Å²) in [6.45, 7) is 0. The Morgan fingerprint density at radius 2 is 1.42 bits per heavy atom. The monoisotopic (exact) mass is 348 g/mol. The molecule has 0 radical (unpaired) electrons. The van der Waals surface area contributed by atoms with Gasteiger partial charge in [0.1, 0.15) is 0 Å². The van der Waals surface area contributed by atoms with E-state index in [1.54, 1.807) is 0 Å². The molecule has 26 heavy (non-hydrogen) atoms. The topological polar surface area (TPSA) is 79.5 Å². The van der Waals surface area contributed by atoms with E-state index in [4.69, 9.17) is 5.73 Å². The van der Waals surface area contributed by atoms with Crippen molar-refractivity contribution in [2.45, 2.75) is 31.3 Å². The van der Waals surface area contributed by atoms with Crippen molar-refractivity contribution in [3.63, 3.8) is 0 Å². The van der Waals surface area contributed by atoms with Gasteiger partial charge in [-0.3, -0.25) is 0 Å². The second-order valence-electron chi connectivity index (χ2n) is 7.10. The molecule has 1 saturated heterocycles. The molecule has 2 amide bonds. The minimum atomic E-state index is -0.610. The van der Waals surface area contributed by atoms with Gasteiger partial charge in [0, 0.05) is 29.6 Å². The lowest BCUT2D eigenvalue weighted by molar-refractivity contribution is 0.230. The van der Waals surface area contributed by atoms with Crippen LogP contribution in [0.15, 0.2) is 65.8 Å². The number of nitrogens with zero attached hydrogens (tertiary/aromatic N) is 1. The molecular weight excluding hydrogens is 324 g/mol. The van der Waals surface area contributed by atoms with E-state index in [1.807, 2.05) is 12.1 Å². The Kier molecular flexibility index (Phi) is 4.71. The summed E-state index contributed by atoms with van der Waals surface area (Å²) in [6.07, 6.45) is 3.28. The zero-order valence-corrected chi connectivity index (χ0v) is 14.6. The van der Waals surface area contributed by atoms with E-state index in [0.29, 0.717) is 0 Å². The van der Waals surface area contributed by atoms with Crippen LogP contribution in [0.25, 0.3) is 0 Å². The van der Waals surface area contributed by atoms with Gasteiger partial charge in [0.15, 0.2) is 0 Å². The summed E-state index contributed by atoms with van der Waals surface area (Å²) in [5.74, 6) is 0.533. The molecule has 4 atom stereocenters. The number of hydrogen-bond donors (Lipinski definition) is 3. The first-order valence-electron chi connectivity index (χ1n) is 9.23. The van der Waals surface area contributed by atoms with Crippen LogP contribution in [0.2, 0.25) is 0 Å². The van der Waals surface area contributed by atoms with Gasteiger partial charge in [-0.25, -0.2) is 10.2 Å². The molecule has 1 aliphatic carbocycles. The number of hydrogen-bond acceptors (Lipinski definition) is 3. The van der Waals surface area contributed by atoms with E-state index in [2.05, 4.69) is 64.4 Å². The Morgan fingerprint density at radius 1 is 0.923 bits per heavy atom. The molecular formula is C21H24N4O. The summed E-state index contributed by atoms with van der Waals surface area (Å²) in [5.41, 5.74) is 11.3. The predicted molar refractivity (Wildman–Crippen MR) is 102 cm³/mol. The number of rotatable bonds is 3. The molecule has 134 valence electrons. The zero-order valence-electron chi connectivity index (χ0n) is 14.6. The van der Waals surface area contributed by atoms with E-state index in [9.17, 15) is 4.79 Å². The fraction of sp³-hybridized carbons (Fsp3) is 0.333. The minimum absolute atomic E-state index is 0.173. The average molecular weight is 348 g/mol. The summed E-state index contributed by atoms with van der Waals surface area (Å²) in [7, 11) is 0. The highest BCUT2D eigenvalue weighted by Crippen LogP contribution is 2.46. The van der Waals surface area contributed by atoms with Crippen LogP contribution in [0.1, 0.15) is 42.5 Å². The zero-order chi connectivity index (χ0) is 17.9. The third-order valence-electron chi connectivity index (χ3n) is 5.57. The van der Waals surface area contributed by atoms with E-state index in [-0.39, 0.29) is 23.9 Å². The number of hydrazone groups is 1. The van der Waals surface area contributed by atoms with Crippen LogP contribution in [0, 0.1) is 11.8 Å². The Labute approximate surface area is 153 Å². The van der Waals surface area contributed by atoms with Gasteiger partial charge in [0.05, 0.1) is 0 Å². The number of nitrogens with two attached hydrogens (primary N) is 1. The first-order chi connectivity index (χ1) is 12.7. The van der Waals surface area contributed by atoms with Crippen molar-refractivity contribution in [3.05, 3.63) is 71.8 Å². The van der Waals surface area contributed by atoms with Crippen LogP contribution in [0.3, 0.4) is 0 Å². The van der Waals surface area contributed by atoms with E-state index in [1.165, 1.54) is 17.5 Å². The van der Waals surface area contributed by atoms with Crippen molar-refractivity contribution >= 4 is 11.7 Å². The Hall–Kier alpha value is -2.66. The SMILES string of the molecule is NC(=O)NN=C1[C@H]2CCC[C@H]1[C@H](c1ccccc1)N[C@H]2c1ccccc1. The van der Waals surface area contributed by atoms with Crippen LogP contribution >= 0.6 is 0 Å². The maximum absolute atomic E-state index is 11.3. The highest BCUT2D eigenvalue weighted by molar-refractivity contribution is 5.92. The predicted octanol–water partition coefficient (Wildman–Crippen LogP) is 3.51. The third kappa shape index (κ3) is 3.22. The first-order valence-corrected chi connectivity index (χ1v) is 9.23. The minimum Gasteiger partial charge on any atom is -0.350 e. The standard InChI is InChI=1S/C21H24N4O/c22-21(26)25-24-20-16-12-7-13-17(20)19(15-10-5-2-6-11-15)23-18(16)14-8-3-1-4-9-14/h1-6,8-11,16-19,23H,7,12-13H2,(H3,22,25,26)/t16-,17-,18-,19-/m0/s1. The van der Waals surface area contributed by atoms with Crippen molar-refractivity contribution in [3.8, 4) is 0 Å². The lowest BCUT2D eigenvalue weighted by atomic mass is 9.67. The molecule has 0 unspecified atom stereocenters. The molecule has 2 aromatic rings. The Morgan fingerprint density at radius 3 is 1.88 bits per heavy atom.